The first-order valence-corrected chi connectivity index (χ1v) is 6.16. The zero-order valence-corrected chi connectivity index (χ0v) is 10.6. The Morgan fingerprint density at radius 3 is 2.63 bits per heavy atom. The summed E-state index contributed by atoms with van der Waals surface area (Å²) in [5.41, 5.74) is 7.30. The van der Waals surface area contributed by atoms with E-state index in [-0.39, 0.29) is 0 Å². The van der Waals surface area contributed by atoms with E-state index < -0.39 is 0 Å². The van der Waals surface area contributed by atoms with Crippen molar-refractivity contribution in [3.05, 3.63) is 42.5 Å². The third-order valence-corrected chi connectivity index (χ3v) is 2.99. The number of nitrogen functional groups attached to an aromatic ring is 1. The number of benzene rings is 2. The van der Waals surface area contributed by atoms with Crippen molar-refractivity contribution in [1.29, 1.82) is 0 Å². The van der Waals surface area contributed by atoms with Crippen molar-refractivity contribution < 1.29 is 9.26 Å². The molecule has 4 heteroatoms. The van der Waals surface area contributed by atoms with Gasteiger partial charge in [0.05, 0.1) is 6.61 Å². The molecule has 96 valence electrons. The summed E-state index contributed by atoms with van der Waals surface area (Å²) in [7, 11) is 0. The molecule has 1 heterocycles. The van der Waals surface area contributed by atoms with Gasteiger partial charge in [-0.25, -0.2) is 0 Å². The van der Waals surface area contributed by atoms with Crippen molar-refractivity contribution in [3.63, 3.8) is 0 Å². The normalized spacial score (nSPS) is 10.8. The summed E-state index contributed by atoms with van der Waals surface area (Å²) >= 11 is 0. The maximum Gasteiger partial charge on any atom is 0.222 e. The summed E-state index contributed by atoms with van der Waals surface area (Å²) in [4.78, 5) is 0. The minimum atomic E-state index is 0.313. The lowest BCUT2D eigenvalue weighted by atomic mass is 10.0. The predicted molar refractivity (Wildman–Crippen MR) is 75.0 cm³/mol. The van der Waals surface area contributed by atoms with Gasteiger partial charge in [-0.05, 0) is 24.4 Å². The van der Waals surface area contributed by atoms with E-state index in [4.69, 9.17) is 15.0 Å². The maximum atomic E-state index is 5.65. The van der Waals surface area contributed by atoms with Crippen molar-refractivity contribution in [2.45, 2.75) is 6.92 Å². The SMILES string of the molecule is CCOc1ccc(-c2cc(N)on2)c2ccccc12. The number of anilines is 1. The van der Waals surface area contributed by atoms with Gasteiger partial charge < -0.3 is 15.0 Å². The van der Waals surface area contributed by atoms with Gasteiger partial charge in [-0.3, -0.25) is 0 Å². The van der Waals surface area contributed by atoms with E-state index in [9.17, 15) is 0 Å². The monoisotopic (exact) mass is 254 g/mol. The average molecular weight is 254 g/mol. The zero-order valence-electron chi connectivity index (χ0n) is 10.6. The Bertz CT molecular complexity index is 719. The van der Waals surface area contributed by atoms with E-state index in [1.54, 1.807) is 6.07 Å². The number of nitrogens with zero attached hydrogens (tertiary/aromatic N) is 1. The van der Waals surface area contributed by atoms with E-state index in [0.29, 0.717) is 12.5 Å². The first-order chi connectivity index (χ1) is 9.29. The van der Waals surface area contributed by atoms with Crippen LogP contribution in [0.2, 0.25) is 0 Å². The van der Waals surface area contributed by atoms with Gasteiger partial charge in [-0.2, -0.15) is 0 Å². The highest BCUT2D eigenvalue weighted by molar-refractivity contribution is 5.99. The number of hydrogen-bond acceptors (Lipinski definition) is 4. The van der Waals surface area contributed by atoms with E-state index in [2.05, 4.69) is 5.16 Å². The molecule has 0 fully saturated rings. The standard InChI is InChI=1S/C15H14N2O2/c1-2-18-14-8-7-11(13-9-15(16)19-17-13)10-5-3-4-6-12(10)14/h3-9H,2,16H2,1H3. The molecule has 0 saturated heterocycles. The molecule has 19 heavy (non-hydrogen) atoms. The fraction of sp³-hybridized carbons (Fsp3) is 0.133. The molecule has 0 bridgehead atoms. The Morgan fingerprint density at radius 1 is 1.16 bits per heavy atom. The highest BCUT2D eigenvalue weighted by Gasteiger charge is 2.11. The lowest BCUT2D eigenvalue weighted by Crippen LogP contribution is -1.93. The summed E-state index contributed by atoms with van der Waals surface area (Å²) in [5, 5.41) is 6.10. The fourth-order valence-corrected chi connectivity index (χ4v) is 2.19. The van der Waals surface area contributed by atoms with Crippen molar-refractivity contribution in [3.8, 4) is 17.0 Å². The van der Waals surface area contributed by atoms with Crippen LogP contribution in [-0.2, 0) is 0 Å². The van der Waals surface area contributed by atoms with E-state index in [1.807, 2.05) is 43.3 Å². The molecule has 0 spiro atoms. The number of fused-ring (bicyclic) bond motifs is 1. The molecular formula is C15H14N2O2. The maximum absolute atomic E-state index is 5.65. The van der Waals surface area contributed by atoms with Crippen LogP contribution in [0.25, 0.3) is 22.0 Å². The molecule has 2 N–H and O–H groups in total. The lowest BCUT2D eigenvalue weighted by molar-refractivity contribution is 0.344. The van der Waals surface area contributed by atoms with E-state index in [0.717, 1.165) is 27.8 Å². The van der Waals surface area contributed by atoms with Gasteiger partial charge in [0.1, 0.15) is 11.4 Å². The van der Waals surface area contributed by atoms with Crippen LogP contribution in [0, 0.1) is 0 Å². The molecule has 0 atom stereocenters. The van der Waals surface area contributed by atoms with Crippen LogP contribution in [0.15, 0.2) is 47.0 Å². The van der Waals surface area contributed by atoms with E-state index in [1.165, 1.54) is 0 Å². The Balaban J connectivity index is 2.24. The number of aromatic nitrogens is 1. The van der Waals surface area contributed by atoms with Crippen molar-refractivity contribution in [2.24, 2.45) is 0 Å². The molecule has 3 aromatic rings. The summed E-state index contributed by atoms with van der Waals surface area (Å²) in [6, 6.07) is 13.7. The van der Waals surface area contributed by atoms with Gasteiger partial charge in [-0.15, -0.1) is 0 Å². The van der Waals surface area contributed by atoms with E-state index >= 15 is 0 Å². The Morgan fingerprint density at radius 2 is 1.95 bits per heavy atom. The number of hydrogen-bond donors (Lipinski definition) is 1. The first-order valence-electron chi connectivity index (χ1n) is 6.16. The Labute approximate surface area is 110 Å². The van der Waals surface area contributed by atoms with Crippen LogP contribution < -0.4 is 10.5 Å². The molecule has 0 radical (unpaired) electrons. The molecule has 1 aromatic heterocycles. The van der Waals surface area contributed by atoms with Gasteiger partial charge in [0, 0.05) is 17.0 Å². The van der Waals surface area contributed by atoms with Crippen LogP contribution in [0.1, 0.15) is 6.92 Å². The molecule has 0 amide bonds. The molecule has 0 unspecified atom stereocenters. The Kier molecular flexibility index (Phi) is 2.83. The highest BCUT2D eigenvalue weighted by Crippen LogP contribution is 2.34. The van der Waals surface area contributed by atoms with Gasteiger partial charge in [0.2, 0.25) is 5.88 Å². The first kappa shape index (κ1) is 11.6. The lowest BCUT2D eigenvalue weighted by Gasteiger charge is -2.10. The number of rotatable bonds is 3. The highest BCUT2D eigenvalue weighted by atomic mass is 16.5. The molecule has 0 aliphatic heterocycles. The second-order valence-electron chi connectivity index (χ2n) is 4.20. The quantitative estimate of drug-likeness (QED) is 0.777. The topological polar surface area (TPSA) is 61.3 Å². The van der Waals surface area contributed by atoms with Crippen LogP contribution in [0.4, 0.5) is 5.88 Å². The molecule has 2 aromatic carbocycles. The van der Waals surface area contributed by atoms with Crippen LogP contribution in [-0.4, -0.2) is 11.8 Å². The molecule has 0 aliphatic rings. The zero-order chi connectivity index (χ0) is 13.2. The molecule has 0 aliphatic carbocycles. The van der Waals surface area contributed by atoms with Gasteiger partial charge >= 0.3 is 0 Å². The molecule has 4 nitrogen and oxygen atoms in total. The molecule has 0 saturated carbocycles. The molecule has 3 rings (SSSR count). The summed E-state index contributed by atoms with van der Waals surface area (Å²) in [6.45, 7) is 2.61. The minimum Gasteiger partial charge on any atom is -0.493 e. The second-order valence-corrected chi connectivity index (χ2v) is 4.20. The van der Waals surface area contributed by atoms with Crippen molar-refractivity contribution in [2.75, 3.05) is 12.3 Å². The van der Waals surface area contributed by atoms with Gasteiger partial charge in [0.25, 0.3) is 0 Å². The van der Waals surface area contributed by atoms with Gasteiger partial charge in [0.15, 0.2) is 0 Å². The fourth-order valence-electron chi connectivity index (χ4n) is 2.19. The minimum absolute atomic E-state index is 0.313. The largest absolute Gasteiger partial charge is 0.493 e. The average Bonchev–Trinajstić information content (AvgIpc) is 2.86. The number of nitrogens with two attached hydrogens (primary N) is 1. The third-order valence-electron chi connectivity index (χ3n) is 2.99. The molecular weight excluding hydrogens is 240 g/mol. The summed E-state index contributed by atoms with van der Waals surface area (Å²) in [5.74, 6) is 1.19. The van der Waals surface area contributed by atoms with Gasteiger partial charge in [-0.1, -0.05) is 29.4 Å². The third kappa shape index (κ3) is 2.01. The van der Waals surface area contributed by atoms with Crippen LogP contribution in [0.3, 0.4) is 0 Å². The second kappa shape index (κ2) is 4.65. The van der Waals surface area contributed by atoms with Crippen LogP contribution >= 0.6 is 0 Å². The Hall–Kier alpha value is -2.49. The summed E-state index contributed by atoms with van der Waals surface area (Å²) < 4.78 is 10.6. The summed E-state index contributed by atoms with van der Waals surface area (Å²) in [6.07, 6.45) is 0. The smallest absolute Gasteiger partial charge is 0.222 e. The van der Waals surface area contributed by atoms with Crippen molar-refractivity contribution >= 4 is 16.7 Å². The van der Waals surface area contributed by atoms with Crippen molar-refractivity contribution in [1.82, 2.24) is 5.16 Å². The predicted octanol–water partition coefficient (Wildman–Crippen LogP) is 3.48. The number of ether oxygens (including phenoxy) is 1. The van der Waals surface area contributed by atoms with Crippen LogP contribution in [0.5, 0.6) is 5.75 Å².